The zero-order chi connectivity index (χ0) is 8.72. The predicted octanol–water partition coefficient (Wildman–Crippen LogP) is 3.05. The van der Waals surface area contributed by atoms with Gasteiger partial charge >= 0.3 is 0 Å². The maximum absolute atomic E-state index is 13.1. The van der Waals surface area contributed by atoms with E-state index in [1.807, 2.05) is 0 Å². The van der Waals surface area contributed by atoms with E-state index in [-0.39, 0.29) is 5.52 Å². The Labute approximate surface area is 80.9 Å². The lowest BCUT2D eigenvalue weighted by Gasteiger charge is -1.97. The standard InChI is InChI=1S/C8H4F2IN/c9-6-5(11)3-4-1-2-12-8(4)7(6)10/h1-3,12H. The summed E-state index contributed by atoms with van der Waals surface area (Å²) in [6, 6.07) is 3.31. The molecule has 1 N–H and O–H groups in total. The van der Waals surface area contributed by atoms with Crippen molar-refractivity contribution in [2.75, 3.05) is 0 Å². The number of rotatable bonds is 0. The molecule has 1 nitrogen and oxygen atoms in total. The molecule has 0 saturated carbocycles. The molecule has 1 aromatic carbocycles. The summed E-state index contributed by atoms with van der Waals surface area (Å²) in [5.41, 5.74) is 0.230. The number of nitrogens with one attached hydrogen (secondary N) is 1. The van der Waals surface area contributed by atoms with Crippen molar-refractivity contribution in [3.8, 4) is 0 Å². The number of fused-ring (bicyclic) bond motifs is 1. The van der Waals surface area contributed by atoms with Crippen LogP contribution in [0, 0.1) is 15.2 Å². The Morgan fingerprint density at radius 1 is 1.25 bits per heavy atom. The minimum absolute atomic E-state index is 0.230. The Hall–Kier alpha value is -0.650. The molecule has 0 aliphatic rings. The Balaban J connectivity index is 2.94. The third-order valence-corrected chi connectivity index (χ3v) is 2.47. The predicted molar refractivity (Wildman–Crippen MR) is 50.9 cm³/mol. The number of H-pyrrole nitrogens is 1. The van der Waals surface area contributed by atoms with Crippen molar-refractivity contribution in [1.82, 2.24) is 4.98 Å². The van der Waals surface area contributed by atoms with Crippen LogP contribution in [0.1, 0.15) is 0 Å². The fraction of sp³-hybridized carbons (Fsp3) is 0. The Bertz CT molecular complexity index is 436. The molecule has 0 aliphatic heterocycles. The second kappa shape index (κ2) is 2.69. The number of hydrogen-bond donors (Lipinski definition) is 1. The molecule has 1 heterocycles. The van der Waals surface area contributed by atoms with Gasteiger partial charge in [0.1, 0.15) is 0 Å². The maximum atomic E-state index is 13.1. The third kappa shape index (κ3) is 1.01. The van der Waals surface area contributed by atoms with Crippen molar-refractivity contribution < 1.29 is 8.78 Å². The largest absolute Gasteiger partial charge is 0.359 e. The van der Waals surface area contributed by atoms with E-state index < -0.39 is 11.6 Å². The number of aromatic nitrogens is 1. The molecule has 0 saturated heterocycles. The van der Waals surface area contributed by atoms with Gasteiger partial charge in [-0.15, -0.1) is 0 Å². The van der Waals surface area contributed by atoms with Crippen molar-refractivity contribution in [3.63, 3.8) is 0 Å². The highest BCUT2D eigenvalue weighted by molar-refractivity contribution is 14.1. The molecule has 12 heavy (non-hydrogen) atoms. The number of halogens is 3. The fourth-order valence-corrected chi connectivity index (χ4v) is 1.68. The minimum Gasteiger partial charge on any atom is -0.359 e. The van der Waals surface area contributed by atoms with E-state index in [0.717, 1.165) is 0 Å². The summed E-state index contributed by atoms with van der Waals surface area (Å²) in [5, 5.41) is 0.693. The van der Waals surface area contributed by atoms with E-state index in [4.69, 9.17) is 0 Å². The van der Waals surface area contributed by atoms with E-state index in [2.05, 4.69) is 4.98 Å². The molecule has 0 radical (unpaired) electrons. The first kappa shape index (κ1) is 7.97. The molecule has 0 amide bonds. The zero-order valence-electron chi connectivity index (χ0n) is 5.87. The van der Waals surface area contributed by atoms with Crippen LogP contribution in [0.15, 0.2) is 18.3 Å². The van der Waals surface area contributed by atoms with Gasteiger partial charge in [-0.25, -0.2) is 8.78 Å². The normalized spacial score (nSPS) is 10.9. The van der Waals surface area contributed by atoms with Gasteiger partial charge in [0.2, 0.25) is 0 Å². The van der Waals surface area contributed by atoms with Gasteiger partial charge < -0.3 is 4.98 Å². The Kier molecular flexibility index (Phi) is 1.79. The van der Waals surface area contributed by atoms with Gasteiger partial charge in [-0.2, -0.15) is 0 Å². The lowest BCUT2D eigenvalue weighted by atomic mass is 10.2. The van der Waals surface area contributed by atoms with Gasteiger partial charge in [-0.1, -0.05) is 0 Å². The maximum Gasteiger partial charge on any atom is 0.183 e. The molecule has 2 aromatic rings. The van der Waals surface area contributed by atoms with Gasteiger partial charge in [0.15, 0.2) is 11.6 Å². The highest BCUT2D eigenvalue weighted by atomic mass is 127. The van der Waals surface area contributed by atoms with Gasteiger partial charge in [-0.05, 0) is 34.7 Å². The molecule has 4 heteroatoms. The summed E-state index contributed by atoms with van der Waals surface area (Å²) in [6.45, 7) is 0. The molecule has 0 aliphatic carbocycles. The van der Waals surface area contributed by atoms with Crippen LogP contribution in [-0.2, 0) is 0 Å². The van der Waals surface area contributed by atoms with Gasteiger partial charge in [0, 0.05) is 11.6 Å². The highest BCUT2D eigenvalue weighted by Gasteiger charge is 2.11. The summed E-state index contributed by atoms with van der Waals surface area (Å²) in [6.07, 6.45) is 1.59. The van der Waals surface area contributed by atoms with E-state index in [1.165, 1.54) is 0 Å². The third-order valence-electron chi connectivity index (χ3n) is 1.68. The quantitative estimate of drug-likeness (QED) is 0.563. The molecular weight excluding hydrogens is 275 g/mol. The highest BCUT2D eigenvalue weighted by Crippen LogP contribution is 2.23. The van der Waals surface area contributed by atoms with Crippen LogP contribution in [0.3, 0.4) is 0 Å². The Morgan fingerprint density at radius 2 is 2.00 bits per heavy atom. The van der Waals surface area contributed by atoms with Crippen molar-refractivity contribution in [1.29, 1.82) is 0 Å². The fourth-order valence-electron chi connectivity index (χ4n) is 1.11. The first-order valence-corrected chi connectivity index (χ1v) is 4.38. The zero-order valence-corrected chi connectivity index (χ0v) is 8.02. The first-order chi connectivity index (χ1) is 5.70. The molecule has 2 rings (SSSR count). The molecule has 0 fully saturated rings. The summed E-state index contributed by atoms with van der Waals surface area (Å²) < 4.78 is 26.3. The van der Waals surface area contributed by atoms with Crippen LogP contribution in [-0.4, -0.2) is 4.98 Å². The van der Waals surface area contributed by atoms with Crippen LogP contribution in [0.5, 0.6) is 0 Å². The van der Waals surface area contributed by atoms with E-state index in [0.29, 0.717) is 8.96 Å². The van der Waals surface area contributed by atoms with E-state index in [1.54, 1.807) is 40.9 Å². The van der Waals surface area contributed by atoms with Gasteiger partial charge in [0.25, 0.3) is 0 Å². The monoisotopic (exact) mass is 279 g/mol. The molecule has 0 spiro atoms. The molecule has 0 unspecified atom stereocenters. The second-order valence-electron chi connectivity index (χ2n) is 2.43. The van der Waals surface area contributed by atoms with E-state index in [9.17, 15) is 8.78 Å². The van der Waals surface area contributed by atoms with E-state index >= 15 is 0 Å². The summed E-state index contributed by atoms with van der Waals surface area (Å²) in [4.78, 5) is 2.64. The number of aromatic amines is 1. The summed E-state index contributed by atoms with van der Waals surface area (Å²) >= 11 is 1.77. The summed E-state index contributed by atoms with van der Waals surface area (Å²) in [7, 11) is 0. The van der Waals surface area contributed by atoms with Crippen molar-refractivity contribution >= 4 is 33.5 Å². The van der Waals surface area contributed by atoms with Crippen molar-refractivity contribution in [3.05, 3.63) is 33.5 Å². The molecule has 62 valence electrons. The van der Waals surface area contributed by atoms with Crippen molar-refractivity contribution in [2.45, 2.75) is 0 Å². The summed E-state index contributed by atoms with van der Waals surface area (Å²) in [5.74, 6) is -1.59. The average molecular weight is 279 g/mol. The lowest BCUT2D eigenvalue weighted by Crippen LogP contribution is -1.89. The average Bonchev–Trinajstić information content (AvgIpc) is 2.48. The topological polar surface area (TPSA) is 15.8 Å². The van der Waals surface area contributed by atoms with Crippen LogP contribution in [0.25, 0.3) is 10.9 Å². The SMILES string of the molecule is Fc1c(I)cc2cc[nH]c2c1F. The molecular formula is C8H4F2IN. The van der Waals surface area contributed by atoms with Crippen LogP contribution in [0.2, 0.25) is 0 Å². The smallest absolute Gasteiger partial charge is 0.183 e. The van der Waals surface area contributed by atoms with Crippen molar-refractivity contribution in [2.24, 2.45) is 0 Å². The van der Waals surface area contributed by atoms with Crippen LogP contribution >= 0.6 is 22.6 Å². The van der Waals surface area contributed by atoms with Gasteiger partial charge in [0.05, 0.1) is 9.09 Å². The lowest BCUT2D eigenvalue weighted by molar-refractivity contribution is 0.510. The molecule has 1 aromatic heterocycles. The minimum atomic E-state index is -0.804. The van der Waals surface area contributed by atoms with Crippen LogP contribution < -0.4 is 0 Å². The first-order valence-electron chi connectivity index (χ1n) is 3.30. The molecule has 0 bridgehead atoms. The number of hydrogen-bond acceptors (Lipinski definition) is 0. The Morgan fingerprint density at radius 3 is 2.75 bits per heavy atom. The number of benzene rings is 1. The van der Waals surface area contributed by atoms with Crippen LogP contribution in [0.4, 0.5) is 8.78 Å². The van der Waals surface area contributed by atoms with Gasteiger partial charge in [-0.3, -0.25) is 0 Å². The second-order valence-corrected chi connectivity index (χ2v) is 3.59. The molecule has 0 atom stereocenters.